The van der Waals surface area contributed by atoms with Gasteiger partial charge in [0, 0.05) is 4.90 Å². The van der Waals surface area contributed by atoms with Crippen LogP contribution < -0.4 is 5.73 Å². The first-order valence-electron chi connectivity index (χ1n) is 7.42. The van der Waals surface area contributed by atoms with E-state index in [1.165, 1.54) is 0 Å². The second-order valence-electron chi connectivity index (χ2n) is 5.35. The van der Waals surface area contributed by atoms with Crippen LogP contribution in [0.4, 0.5) is 13.2 Å². The molecule has 1 aliphatic rings. The Bertz CT molecular complexity index is 440. The average molecular weight is 319 g/mol. The quantitative estimate of drug-likeness (QED) is 0.776. The predicted molar refractivity (Wildman–Crippen MR) is 83.4 cm³/mol. The van der Waals surface area contributed by atoms with E-state index in [4.69, 9.17) is 5.73 Å². The molecule has 1 saturated carbocycles. The zero-order chi connectivity index (χ0) is 16.0. The lowest BCUT2D eigenvalue weighted by Crippen LogP contribution is -2.31. The number of hydrogen-bond acceptors (Lipinski definition) is 2. The number of alkyl halides is 3. The Morgan fingerprint density at radius 3 is 2.29 bits per heavy atom. The van der Waals surface area contributed by atoms with Gasteiger partial charge in [-0.1, -0.05) is 19.9 Å². The van der Waals surface area contributed by atoms with Crippen molar-refractivity contribution in [2.45, 2.75) is 50.4 Å². The van der Waals surface area contributed by atoms with Gasteiger partial charge in [-0.15, -0.1) is 0 Å². The zero-order valence-corrected chi connectivity index (χ0v) is 13.7. The van der Waals surface area contributed by atoms with Crippen molar-refractivity contribution in [2.24, 2.45) is 17.6 Å². The predicted octanol–water partition coefficient (Wildman–Crippen LogP) is 5.16. The van der Waals surface area contributed by atoms with Crippen LogP contribution in [-0.4, -0.2) is 12.1 Å². The molecule has 2 N–H and O–H groups in total. The van der Waals surface area contributed by atoms with Crippen molar-refractivity contribution >= 4 is 11.8 Å². The Morgan fingerprint density at radius 1 is 1.14 bits per heavy atom. The van der Waals surface area contributed by atoms with E-state index >= 15 is 0 Å². The topological polar surface area (TPSA) is 26.0 Å². The minimum Gasteiger partial charge on any atom is -0.330 e. The summed E-state index contributed by atoms with van der Waals surface area (Å²) < 4.78 is 37.2. The van der Waals surface area contributed by atoms with Crippen molar-refractivity contribution in [1.82, 2.24) is 0 Å². The third kappa shape index (κ3) is 6.30. The molecule has 0 unspecified atom stereocenters. The van der Waals surface area contributed by atoms with E-state index < -0.39 is 5.51 Å². The number of benzene rings is 1. The molecular weight excluding hydrogens is 295 g/mol. The van der Waals surface area contributed by atoms with Crippen molar-refractivity contribution in [1.29, 1.82) is 0 Å². The lowest BCUT2D eigenvalue weighted by Gasteiger charge is -2.34. The first-order valence-corrected chi connectivity index (χ1v) is 8.24. The summed E-state index contributed by atoms with van der Waals surface area (Å²) in [4.78, 5) is 0.289. The maximum absolute atomic E-state index is 12.4. The number of rotatable bonds is 4. The number of halogens is 3. The second-order valence-corrected chi connectivity index (χ2v) is 6.48. The molecule has 0 atom stereocenters. The number of thioether (sulfide) groups is 1. The van der Waals surface area contributed by atoms with Gasteiger partial charge in [0.1, 0.15) is 0 Å². The third-order valence-corrected chi connectivity index (χ3v) is 4.24. The summed E-state index contributed by atoms with van der Waals surface area (Å²) in [5.41, 5.74) is 3.26. The van der Waals surface area contributed by atoms with Crippen LogP contribution in [-0.2, 0) is 6.42 Å². The molecule has 5 heteroatoms. The van der Waals surface area contributed by atoms with Crippen molar-refractivity contribution < 1.29 is 13.2 Å². The van der Waals surface area contributed by atoms with Crippen molar-refractivity contribution in [3.05, 3.63) is 29.3 Å². The lowest BCUT2D eigenvalue weighted by molar-refractivity contribution is -0.0328. The molecule has 0 spiro atoms. The van der Waals surface area contributed by atoms with E-state index in [0.717, 1.165) is 36.9 Å². The minimum atomic E-state index is -4.22. The molecule has 0 aliphatic heterocycles. The molecule has 0 saturated heterocycles. The Hall–Kier alpha value is -0.680. The zero-order valence-electron chi connectivity index (χ0n) is 12.8. The minimum absolute atomic E-state index is 0.0332. The Kier molecular flexibility index (Phi) is 7.07. The molecule has 1 aliphatic carbocycles. The highest BCUT2D eigenvalue weighted by Crippen LogP contribution is 2.39. The van der Waals surface area contributed by atoms with Gasteiger partial charge in [0.15, 0.2) is 0 Å². The van der Waals surface area contributed by atoms with E-state index in [9.17, 15) is 13.2 Å². The van der Waals surface area contributed by atoms with Gasteiger partial charge >= 0.3 is 5.51 Å². The molecule has 1 nitrogen and oxygen atoms in total. The summed E-state index contributed by atoms with van der Waals surface area (Å²) in [6.07, 6.45) is 3.07. The smallest absolute Gasteiger partial charge is 0.330 e. The van der Waals surface area contributed by atoms with Gasteiger partial charge in [-0.25, -0.2) is 0 Å². The Labute approximate surface area is 129 Å². The van der Waals surface area contributed by atoms with Crippen molar-refractivity contribution in [3.63, 3.8) is 0 Å². The first-order chi connectivity index (χ1) is 9.85. The van der Waals surface area contributed by atoms with Crippen LogP contribution in [0.3, 0.4) is 0 Å². The molecule has 0 amide bonds. The highest BCUT2D eigenvalue weighted by Gasteiger charge is 2.30. The summed E-state index contributed by atoms with van der Waals surface area (Å²) in [5, 5.41) is 0. The summed E-state index contributed by atoms with van der Waals surface area (Å²) in [7, 11) is 0. The Balaban J connectivity index is 0.00000106. The standard InChI is InChI=1S/C14H18F3NS.C2H6/c1-9-2-10(4-11-5-12(6-11)8-18)7-13(3-9)19-14(15,16)17;1-2/h2-3,7,11-12H,4-6,8,18H2,1H3;1-2H3. The van der Waals surface area contributed by atoms with Crippen molar-refractivity contribution in [3.8, 4) is 0 Å². The van der Waals surface area contributed by atoms with Crippen LogP contribution in [0.15, 0.2) is 23.1 Å². The van der Waals surface area contributed by atoms with Gasteiger partial charge < -0.3 is 5.73 Å². The summed E-state index contributed by atoms with van der Waals surface area (Å²) in [6.45, 7) is 6.56. The molecule has 21 heavy (non-hydrogen) atoms. The molecule has 1 aromatic rings. The van der Waals surface area contributed by atoms with Crippen LogP contribution in [0.5, 0.6) is 0 Å². The highest BCUT2D eigenvalue weighted by atomic mass is 32.2. The van der Waals surface area contributed by atoms with Crippen LogP contribution in [0, 0.1) is 18.8 Å². The number of aryl methyl sites for hydroxylation is 1. The molecule has 0 heterocycles. The van der Waals surface area contributed by atoms with Crippen molar-refractivity contribution in [2.75, 3.05) is 6.54 Å². The summed E-state index contributed by atoms with van der Waals surface area (Å²) in [6, 6.07) is 5.24. The third-order valence-electron chi connectivity index (χ3n) is 3.54. The molecule has 0 bridgehead atoms. The first kappa shape index (κ1) is 18.4. The summed E-state index contributed by atoms with van der Waals surface area (Å²) >= 11 is -0.0332. The number of hydrogen-bond donors (Lipinski definition) is 1. The molecule has 1 fully saturated rings. The van der Waals surface area contributed by atoms with Gasteiger partial charge in [-0.3, -0.25) is 0 Å². The van der Waals surface area contributed by atoms with Gasteiger partial charge in [0.25, 0.3) is 0 Å². The molecule has 2 rings (SSSR count). The summed E-state index contributed by atoms with van der Waals surface area (Å²) in [5.74, 6) is 1.19. The van der Waals surface area contributed by atoms with Gasteiger partial charge in [-0.2, -0.15) is 13.2 Å². The normalized spacial score (nSPS) is 21.3. The maximum Gasteiger partial charge on any atom is 0.446 e. The molecule has 120 valence electrons. The average Bonchev–Trinajstić information content (AvgIpc) is 2.33. The maximum atomic E-state index is 12.4. The van der Waals surface area contributed by atoms with Crippen LogP contribution in [0.25, 0.3) is 0 Å². The lowest BCUT2D eigenvalue weighted by atomic mass is 9.72. The Morgan fingerprint density at radius 2 is 1.76 bits per heavy atom. The fraction of sp³-hybridized carbons (Fsp3) is 0.625. The van der Waals surface area contributed by atoms with E-state index in [1.807, 2.05) is 26.8 Å². The van der Waals surface area contributed by atoms with Crippen LogP contribution in [0.2, 0.25) is 0 Å². The van der Waals surface area contributed by atoms with Crippen LogP contribution >= 0.6 is 11.8 Å². The highest BCUT2D eigenvalue weighted by molar-refractivity contribution is 8.00. The molecular formula is C16H24F3NS. The monoisotopic (exact) mass is 319 g/mol. The van der Waals surface area contributed by atoms with E-state index in [0.29, 0.717) is 11.8 Å². The molecule has 1 aromatic carbocycles. The van der Waals surface area contributed by atoms with Gasteiger partial charge in [0.05, 0.1) is 0 Å². The van der Waals surface area contributed by atoms with E-state index in [1.54, 1.807) is 12.1 Å². The molecule has 0 aromatic heterocycles. The fourth-order valence-corrected chi connectivity index (χ4v) is 3.42. The van der Waals surface area contributed by atoms with Gasteiger partial charge in [-0.05, 0) is 79.6 Å². The number of nitrogens with two attached hydrogens (primary N) is 1. The van der Waals surface area contributed by atoms with Crippen LogP contribution in [0.1, 0.15) is 37.8 Å². The van der Waals surface area contributed by atoms with E-state index in [2.05, 4.69) is 0 Å². The second kappa shape index (κ2) is 8.08. The largest absolute Gasteiger partial charge is 0.446 e. The fourth-order valence-electron chi connectivity index (χ4n) is 2.70. The SMILES string of the molecule is CC.Cc1cc(CC2CC(CN)C2)cc(SC(F)(F)F)c1. The van der Waals surface area contributed by atoms with Gasteiger partial charge in [0.2, 0.25) is 0 Å². The van der Waals surface area contributed by atoms with E-state index in [-0.39, 0.29) is 16.7 Å². The molecule has 0 radical (unpaired) electrons.